The lowest BCUT2D eigenvalue weighted by Crippen LogP contribution is -2.37. The van der Waals surface area contributed by atoms with E-state index in [-0.39, 0.29) is 12.1 Å². The highest BCUT2D eigenvalue weighted by Gasteiger charge is 2.20. The van der Waals surface area contributed by atoms with Crippen LogP contribution in [0.5, 0.6) is 0 Å². The van der Waals surface area contributed by atoms with Crippen LogP contribution >= 0.6 is 0 Å². The Labute approximate surface area is 128 Å². The van der Waals surface area contributed by atoms with Crippen LogP contribution in [0.2, 0.25) is 0 Å². The van der Waals surface area contributed by atoms with Crippen LogP contribution in [0.1, 0.15) is 25.8 Å². The van der Waals surface area contributed by atoms with Gasteiger partial charge in [0.15, 0.2) is 0 Å². The summed E-state index contributed by atoms with van der Waals surface area (Å²) in [7, 11) is 1.88. The first-order chi connectivity index (χ1) is 9.99. The maximum absolute atomic E-state index is 11.5. The van der Waals surface area contributed by atoms with Gasteiger partial charge in [-0.25, -0.2) is 4.79 Å². The summed E-state index contributed by atoms with van der Waals surface area (Å²) in [6.45, 7) is 7.12. The van der Waals surface area contributed by atoms with E-state index in [1.165, 1.54) is 5.56 Å². The number of ether oxygens (including phenoxy) is 1. The van der Waals surface area contributed by atoms with Gasteiger partial charge < -0.3 is 13.6 Å². The summed E-state index contributed by atoms with van der Waals surface area (Å²) in [5.41, 5.74) is 1.60. The fourth-order valence-corrected chi connectivity index (χ4v) is 3.25. The molecule has 1 rings (SSSR count). The quantitative estimate of drug-likeness (QED) is 0.419. The number of carbonyl (C=O) groups is 1. The molecule has 1 atom stereocenters. The highest BCUT2D eigenvalue weighted by atomic mass is 28.3. The van der Waals surface area contributed by atoms with Gasteiger partial charge in [-0.05, 0) is 37.4 Å². The lowest BCUT2D eigenvalue weighted by Gasteiger charge is -2.16. The van der Waals surface area contributed by atoms with E-state index in [0.717, 1.165) is 18.0 Å². The number of esters is 1. The molecule has 0 heterocycles. The predicted octanol–water partition coefficient (Wildman–Crippen LogP) is 2.12. The van der Waals surface area contributed by atoms with E-state index in [1.807, 2.05) is 25.1 Å². The van der Waals surface area contributed by atoms with Gasteiger partial charge in [-0.2, -0.15) is 0 Å². The molecular formula is C16H23O4Si. The molecule has 0 aliphatic heterocycles. The van der Waals surface area contributed by atoms with Gasteiger partial charge in [0.05, 0.1) is 6.10 Å². The molecule has 0 fully saturated rings. The molecule has 0 aromatic heterocycles. The van der Waals surface area contributed by atoms with Crippen LogP contribution in [0, 0.1) is 0 Å². The van der Waals surface area contributed by atoms with Crippen molar-refractivity contribution in [1.82, 2.24) is 0 Å². The molecule has 0 aliphatic rings. The van der Waals surface area contributed by atoms with E-state index in [2.05, 4.69) is 12.6 Å². The second-order valence-corrected chi connectivity index (χ2v) is 6.82. The topological polar surface area (TPSA) is 44.8 Å². The van der Waals surface area contributed by atoms with Gasteiger partial charge in [-0.3, -0.25) is 0 Å². The lowest BCUT2D eigenvalue weighted by molar-refractivity contribution is -0.143. The minimum absolute atomic E-state index is 0.150. The van der Waals surface area contributed by atoms with Crippen molar-refractivity contribution in [3.8, 4) is 0 Å². The number of hydrogen-bond acceptors (Lipinski definition) is 4. The first kappa shape index (κ1) is 17.6. The summed E-state index contributed by atoms with van der Waals surface area (Å²) in [4.78, 5) is 11.5. The average molecular weight is 307 g/mol. The molecule has 115 valence electrons. The molecule has 0 saturated heterocycles. The summed E-state index contributed by atoms with van der Waals surface area (Å²) in [5.74, 6) is -0.339. The second kappa shape index (κ2) is 8.77. The Bertz CT molecular complexity index is 483. The van der Waals surface area contributed by atoms with E-state index in [4.69, 9.17) is 13.6 Å². The standard InChI is InChI=1S/C16H23O4Si/c1-12(2)16(17)20-13(3)10-11-14-8-6-7-9-15(14)21(18-4)19-5/h6-9,13H,1,10-11H2,2-5H3. The molecule has 21 heavy (non-hydrogen) atoms. The molecule has 0 N–H and O–H groups in total. The third-order valence-electron chi connectivity index (χ3n) is 3.08. The van der Waals surface area contributed by atoms with Crippen molar-refractivity contribution in [3.05, 3.63) is 42.0 Å². The first-order valence-corrected chi connectivity index (χ1v) is 8.21. The Morgan fingerprint density at radius 2 is 1.90 bits per heavy atom. The fraction of sp³-hybridized carbons (Fsp3) is 0.438. The summed E-state index contributed by atoms with van der Waals surface area (Å²) < 4.78 is 16.1. The number of benzene rings is 1. The Morgan fingerprint density at radius 3 is 2.48 bits per heavy atom. The third kappa shape index (κ3) is 5.45. The van der Waals surface area contributed by atoms with Crippen molar-refractivity contribution in [2.75, 3.05) is 14.2 Å². The molecule has 0 aliphatic carbocycles. The highest BCUT2D eigenvalue weighted by Crippen LogP contribution is 2.09. The van der Waals surface area contributed by atoms with Crippen LogP contribution in [-0.2, 0) is 24.8 Å². The third-order valence-corrected chi connectivity index (χ3v) is 4.75. The van der Waals surface area contributed by atoms with Gasteiger partial charge >= 0.3 is 15.3 Å². The normalized spacial score (nSPS) is 12.2. The van der Waals surface area contributed by atoms with E-state index >= 15 is 0 Å². The van der Waals surface area contributed by atoms with Crippen LogP contribution in [-0.4, -0.2) is 35.6 Å². The van der Waals surface area contributed by atoms with E-state index in [0.29, 0.717) is 5.57 Å². The molecule has 5 heteroatoms. The molecule has 0 saturated carbocycles. The minimum atomic E-state index is -1.44. The highest BCUT2D eigenvalue weighted by molar-refractivity contribution is 6.61. The molecule has 1 aromatic rings. The Balaban J connectivity index is 2.67. The van der Waals surface area contributed by atoms with Gasteiger partial charge in [0.25, 0.3) is 0 Å². The van der Waals surface area contributed by atoms with Crippen LogP contribution in [0.3, 0.4) is 0 Å². The van der Waals surface area contributed by atoms with Gasteiger partial charge in [-0.15, -0.1) is 0 Å². The number of carbonyl (C=O) groups excluding carboxylic acids is 1. The molecule has 1 aromatic carbocycles. The minimum Gasteiger partial charge on any atom is -0.459 e. The SMILES string of the molecule is C=C(C)C(=O)OC(C)CCc1ccccc1[Si](OC)OC. The van der Waals surface area contributed by atoms with Crippen LogP contribution < -0.4 is 5.19 Å². The molecule has 1 radical (unpaired) electrons. The number of rotatable bonds is 8. The smallest absolute Gasteiger partial charge is 0.423 e. The summed E-state index contributed by atoms with van der Waals surface area (Å²) in [6.07, 6.45) is 1.41. The number of aryl methyl sites for hydroxylation is 1. The van der Waals surface area contributed by atoms with Crippen molar-refractivity contribution in [1.29, 1.82) is 0 Å². The summed E-state index contributed by atoms with van der Waals surface area (Å²) >= 11 is 0. The van der Waals surface area contributed by atoms with Crippen molar-refractivity contribution in [3.63, 3.8) is 0 Å². The Kier molecular flexibility index (Phi) is 7.35. The molecule has 4 nitrogen and oxygen atoms in total. The van der Waals surface area contributed by atoms with Crippen molar-refractivity contribution in [2.45, 2.75) is 32.8 Å². The summed E-state index contributed by atoms with van der Waals surface area (Å²) in [5, 5.41) is 1.10. The molecule has 0 amide bonds. The Hall–Kier alpha value is -1.43. The maximum Gasteiger partial charge on any atom is 0.423 e. The number of hydrogen-bond donors (Lipinski definition) is 0. The van der Waals surface area contributed by atoms with Crippen molar-refractivity contribution in [2.24, 2.45) is 0 Å². The predicted molar refractivity (Wildman–Crippen MR) is 84.5 cm³/mol. The first-order valence-electron chi connectivity index (χ1n) is 6.89. The van der Waals surface area contributed by atoms with Crippen molar-refractivity contribution >= 4 is 20.4 Å². The zero-order chi connectivity index (χ0) is 15.8. The van der Waals surface area contributed by atoms with Gasteiger partial charge in [-0.1, -0.05) is 30.8 Å². The van der Waals surface area contributed by atoms with Crippen LogP contribution in [0.15, 0.2) is 36.4 Å². The lowest BCUT2D eigenvalue weighted by atomic mass is 10.1. The zero-order valence-electron chi connectivity index (χ0n) is 13.1. The molecule has 0 bridgehead atoms. The van der Waals surface area contributed by atoms with E-state index < -0.39 is 9.28 Å². The second-order valence-electron chi connectivity index (χ2n) is 4.89. The van der Waals surface area contributed by atoms with E-state index in [9.17, 15) is 4.79 Å². The van der Waals surface area contributed by atoms with E-state index in [1.54, 1.807) is 21.1 Å². The van der Waals surface area contributed by atoms with Crippen molar-refractivity contribution < 1.29 is 18.4 Å². The molecular weight excluding hydrogens is 284 g/mol. The van der Waals surface area contributed by atoms with Gasteiger partial charge in [0, 0.05) is 19.8 Å². The van der Waals surface area contributed by atoms with Gasteiger partial charge in [0.2, 0.25) is 0 Å². The van der Waals surface area contributed by atoms with Crippen LogP contribution in [0.4, 0.5) is 0 Å². The summed E-state index contributed by atoms with van der Waals surface area (Å²) in [6, 6.07) is 8.06. The Morgan fingerprint density at radius 1 is 1.29 bits per heavy atom. The van der Waals surface area contributed by atoms with Gasteiger partial charge in [0.1, 0.15) is 0 Å². The fourth-order valence-electron chi connectivity index (χ4n) is 1.94. The maximum atomic E-state index is 11.5. The molecule has 1 unspecified atom stereocenters. The largest absolute Gasteiger partial charge is 0.459 e. The monoisotopic (exact) mass is 307 g/mol. The molecule has 0 spiro atoms. The zero-order valence-corrected chi connectivity index (χ0v) is 14.1. The van der Waals surface area contributed by atoms with Crippen LogP contribution in [0.25, 0.3) is 0 Å². The average Bonchev–Trinajstić information content (AvgIpc) is 2.47.